The zero-order chi connectivity index (χ0) is 41.7. The summed E-state index contributed by atoms with van der Waals surface area (Å²) >= 11 is 0. The van der Waals surface area contributed by atoms with Gasteiger partial charge in [-0.3, -0.25) is 9.59 Å². The van der Waals surface area contributed by atoms with E-state index >= 15 is 0 Å². The average Bonchev–Trinajstić information content (AvgIpc) is 3.20. The van der Waals surface area contributed by atoms with Crippen LogP contribution in [0.5, 0.6) is 0 Å². The van der Waals surface area contributed by atoms with Gasteiger partial charge in [0, 0.05) is 6.42 Å². The molecule has 0 aromatic rings. The number of aliphatic hydroxyl groups is 2. The molecule has 57 heavy (non-hydrogen) atoms. The highest BCUT2D eigenvalue weighted by molar-refractivity contribution is 5.77. The molecule has 0 rings (SSSR count). The predicted molar refractivity (Wildman–Crippen MR) is 246 cm³/mol. The van der Waals surface area contributed by atoms with E-state index in [0.29, 0.717) is 19.3 Å². The fraction of sp³-hybridized carbons (Fsp3) is 0.882. The minimum absolute atomic E-state index is 0.0730. The van der Waals surface area contributed by atoms with Crippen molar-refractivity contribution in [1.29, 1.82) is 0 Å². The van der Waals surface area contributed by atoms with Gasteiger partial charge in [0.25, 0.3) is 0 Å². The summed E-state index contributed by atoms with van der Waals surface area (Å²) in [5, 5.41) is 23.7. The molecule has 0 saturated carbocycles. The van der Waals surface area contributed by atoms with Crippen molar-refractivity contribution in [1.82, 2.24) is 5.32 Å². The van der Waals surface area contributed by atoms with Crippen molar-refractivity contribution in [2.24, 2.45) is 0 Å². The summed E-state index contributed by atoms with van der Waals surface area (Å²) in [5.41, 5.74) is 0. The van der Waals surface area contributed by atoms with Crippen LogP contribution in [0.4, 0.5) is 0 Å². The Hall–Kier alpha value is -1.66. The number of rotatable bonds is 45. The molecule has 0 saturated heterocycles. The Morgan fingerprint density at radius 1 is 0.509 bits per heavy atom. The SMILES string of the molecule is CCCCC/C=C\C/C=C\CCCCCCCC(CC(=O)NC(CO)C(O)CCCCCCCCCCCCCCC)OC(=O)CCCCCCCCCCCC. The zero-order valence-corrected chi connectivity index (χ0v) is 38.2. The van der Waals surface area contributed by atoms with E-state index < -0.39 is 18.2 Å². The third-order valence-electron chi connectivity index (χ3n) is 11.5. The highest BCUT2D eigenvalue weighted by Gasteiger charge is 2.24. The van der Waals surface area contributed by atoms with Gasteiger partial charge in [-0.15, -0.1) is 0 Å². The summed E-state index contributed by atoms with van der Waals surface area (Å²) in [6, 6.07) is -0.700. The number of hydrogen-bond acceptors (Lipinski definition) is 5. The van der Waals surface area contributed by atoms with Gasteiger partial charge in [0.15, 0.2) is 0 Å². The van der Waals surface area contributed by atoms with Gasteiger partial charge in [-0.1, -0.05) is 218 Å². The van der Waals surface area contributed by atoms with E-state index in [-0.39, 0.29) is 24.9 Å². The van der Waals surface area contributed by atoms with Crippen molar-refractivity contribution in [3.63, 3.8) is 0 Å². The molecule has 0 bridgehead atoms. The molecule has 0 aliphatic carbocycles. The van der Waals surface area contributed by atoms with E-state index in [1.165, 1.54) is 154 Å². The Kier molecular flexibility index (Phi) is 44.1. The largest absolute Gasteiger partial charge is 0.462 e. The van der Waals surface area contributed by atoms with E-state index in [1.807, 2.05) is 0 Å². The third kappa shape index (κ3) is 40.9. The second kappa shape index (κ2) is 45.4. The van der Waals surface area contributed by atoms with Crippen LogP contribution in [0.2, 0.25) is 0 Å². The molecular formula is C51H97NO5. The minimum Gasteiger partial charge on any atom is -0.462 e. The number of ether oxygens (including phenoxy) is 1. The van der Waals surface area contributed by atoms with Gasteiger partial charge < -0.3 is 20.3 Å². The Labute approximate surface area is 354 Å². The van der Waals surface area contributed by atoms with Gasteiger partial charge in [-0.05, 0) is 57.8 Å². The number of carbonyl (C=O) groups is 2. The highest BCUT2D eigenvalue weighted by Crippen LogP contribution is 2.18. The topological polar surface area (TPSA) is 95.9 Å². The van der Waals surface area contributed by atoms with E-state index in [2.05, 4.69) is 50.4 Å². The van der Waals surface area contributed by atoms with Crippen molar-refractivity contribution in [2.75, 3.05) is 6.61 Å². The molecule has 1 amide bonds. The van der Waals surface area contributed by atoms with Crippen LogP contribution in [0.25, 0.3) is 0 Å². The van der Waals surface area contributed by atoms with Crippen molar-refractivity contribution in [3.05, 3.63) is 24.3 Å². The van der Waals surface area contributed by atoms with Gasteiger partial charge >= 0.3 is 5.97 Å². The first-order valence-electron chi connectivity index (χ1n) is 25.1. The van der Waals surface area contributed by atoms with Crippen molar-refractivity contribution in [3.8, 4) is 0 Å². The fourth-order valence-corrected chi connectivity index (χ4v) is 7.70. The average molecular weight is 804 g/mol. The molecule has 0 spiro atoms. The number of amides is 1. The van der Waals surface area contributed by atoms with Crippen LogP contribution in [0, 0.1) is 0 Å². The molecule has 6 nitrogen and oxygen atoms in total. The molecule has 0 radical (unpaired) electrons. The number of nitrogens with one attached hydrogen (secondary N) is 1. The first-order chi connectivity index (χ1) is 28.0. The molecule has 0 aliphatic rings. The zero-order valence-electron chi connectivity index (χ0n) is 38.2. The number of hydrogen-bond donors (Lipinski definition) is 3. The van der Waals surface area contributed by atoms with Crippen LogP contribution in [-0.4, -0.2) is 46.9 Å². The molecule has 3 atom stereocenters. The molecule has 0 heterocycles. The van der Waals surface area contributed by atoms with Gasteiger partial charge in [0.05, 0.1) is 25.2 Å². The van der Waals surface area contributed by atoms with Crippen molar-refractivity contribution in [2.45, 2.75) is 283 Å². The summed E-state index contributed by atoms with van der Waals surface area (Å²) < 4.78 is 5.91. The van der Waals surface area contributed by atoms with E-state index in [9.17, 15) is 19.8 Å². The van der Waals surface area contributed by atoms with Crippen molar-refractivity contribution < 1.29 is 24.5 Å². The van der Waals surface area contributed by atoms with Gasteiger partial charge in [-0.25, -0.2) is 0 Å². The lowest BCUT2D eigenvalue weighted by molar-refractivity contribution is -0.151. The summed E-state index contributed by atoms with van der Waals surface area (Å²) in [7, 11) is 0. The van der Waals surface area contributed by atoms with Crippen LogP contribution in [0.15, 0.2) is 24.3 Å². The van der Waals surface area contributed by atoms with Gasteiger partial charge in [-0.2, -0.15) is 0 Å². The standard InChI is InChI=1S/C51H97NO5/c1-4-7-10-13-16-19-22-24-25-27-28-30-33-36-39-42-47(57-51(56)44-41-38-35-32-21-18-15-12-9-6-3)45-50(55)52-48(46-53)49(54)43-40-37-34-31-29-26-23-20-17-14-11-8-5-2/h16,19,24-25,47-49,53-54H,4-15,17-18,20-23,26-46H2,1-3H3,(H,52,55)/b19-16-,25-24-. The maximum atomic E-state index is 13.2. The first kappa shape index (κ1) is 55.3. The van der Waals surface area contributed by atoms with Crippen molar-refractivity contribution >= 4 is 11.9 Å². The smallest absolute Gasteiger partial charge is 0.306 e. The first-order valence-corrected chi connectivity index (χ1v) is 25.1. The summed E-state index contributed by atoms with van der Waals surface area (Å²) in [6.45, 7) is 6.45. The van der Waals surface area contributed by atoms with Crippen LogP contribution >= 0.6 is 0 Å². The van der Waals surface area contributed by atoms with Gasteiger partial charge in [0.1, 0.15) is 6.10 Å². The number of esters is 1. The lowest BCUT2D eigenvalue weighted by Crippen LogP contribution is -2.46. The van der Waals surface area contributed by atoms with E-state index in [1.54, 1.807) is 0 Å². The van der Waals surface area contributed by atoms with Crippen LogP contribution in [-0.2, 0) is 14.3 Å². The van der Waals surface area contributed by atoms with E-state index in [4.69, 9.17) is 4.74 Å². The Balaban J connectivity index is 4.57. The minimum atomic E-state index is -0.786. The molecular weight excluding hydrogens is 707 g/mol. The number of aliphatic hydroxyl groups excluding tert-OH is 2. The molecule has 3 unspecified atom stereocenters. The molecule has 0 aromatic heterocycles. The normalized spacial score (nSPS) is 13.4. The third-order valence-corrected chi connectivity index (χ3v) is 11.5. The molecule has 336 valence electrons. The molecule has 0 aliphatic heterocycles. The molecule has 6 heteroatoms. The second-order valence-electron chi connectivity index (χ2n) is 17.2. The summed E-state index contributed by atoms with van der Waals surface area (Å²) in [5.74, 6) is -0.478. The Bertz CT molecular complexity index is 904. The quantitative estimate of drug-likeness (QED) is 0.0324. The summed E-state index contributed by atoms with van der Waals surface area (Å²) in [6.07, 6.45) is 50.9. The van der Waals surface area contributed by atoms with Crippen LogP contribution in [0.3, 0.4) is 0 Å². The lowest BCUT2D eigenvalue weighted by atomic mass is 10.0. The lowest BCUT2D eigenvalue weighted by Gasteiger charge is -2.24. The van der Waals surface area contributed by atoms with Gasteiger partial charge in [0.2, 0.25) is 5.91 Å². The number of unbranched alkanes of at least 4 members (excludes halogenated alkanes) is 29. The highest BCUT2D eigenvalue weighted by atomic mass is 16.5. The predicted octanol–water partition coefficient (Wildman–Crippen LogP) is 14.7. The molecule has 0 aromatic carbocycles. The number of allylic oxidation sites excluding steroid dienone is 4. The fourth-order valence-electron chi connectivity index (χ4n) is 7.70. The monoisotopic (exact) mass is 804 g/mol. The summed E-state index contributed by atoms with van der Waals surface area (Å²) in [4.78, 5) is 26.0. The molecule has 0 fully saturated rings. The van der Waals surface area contributed by atoms with E-state index in [0.717, 1.165) is 64.2 Å². The Morgan fingerprint density at radius 3 is 1.37 bits per heavy atom. The maximum absolute atomic E-state index is 13.2. The molecule has 3 N–H and O–H groups in total. The van der Waals surface area contributed by atoms with Crippen LogP contribution < -0.4 is 5.32 Å². The maximum Gasteiger partial charge on any atom is 0.306 e. The van der Waals surface area contributed by atoms with Crippen LogP contribution in [0.1, 0.15) is 265 Å². The second-order valence-corrected chi connectivity index (χ2v) is 17.2. The number of carbonyl (C=O) groups excluding carboxylic acids is 2. The Morgan fingerprint density at radius 2 is 0.895 bits per heavy atom.